The highest BCUT2D eigenvalue weighted by Crippen LogP contribution is 2.32. The molecule has 0 aromatic carbocycles. The molecule has 1 aliphatic heterocycles. The maximum atomic E-state index is 13.3. The molecule has 27 heavy (non-hydrogen) atoms. The molecule has 6 heteroatoms. The molecule has 1 N–H and O–H groups in total. The monoisotopic (exact) mass is 373 g/mol. The molecule has 3 rings (SSSR count). The number of carbonyl (C=O) groups excluding carboxylic acids is 3. The molecule has 6 nitrogen and oxygen atoms in total. The average molecular weight is 373 g/mol. The standard InChI is InChI=1S/C21H31N3O3/c1-12(2)17-11-23(9-8-18(26)24(17)10-16-6-7-16)21(27)19-13(3)20(15(5)25)22-14(19)4/h12,16-17,22H,6-11H2,1-5H3/t17-/m1/s1. The zero-order chi connectivity index (χ0) is 19.9. The van der Waals surface area contributed by atoms with Gasteiger partial charge in [-0.05, 0) is 44.1 Å². The highest BCUT2D eigenvalue weighted by molar-refractivity contribution is 6.02. The smallest absolute Gasteiger partial charge is 0.256 e. The Morgan fingerprint density at radius 1 is 1.22 bits per heavy atom. The Kier molecular flexibility index (Phi) is 5.45. The van der Waals surface area contributed by atoms with Crippen molar-refractivity contribution in [3.05, 3.63) is 22.5 Å². The van der Waals surface area contributed by atoms with Gasteiger partial charge in [-0.2, -0.15) is 0 Å². The summed E-state index contributed by atoms with van der Waals surface area (Å²) in [4.78, 5) is 44.8. The fraction of sp³-hybridized carbons (Fsp3) is 0.667. The molecule has 2 amide bonds. The maximum absolute atomic E-state index is 13.3. The molecule has 1 saturated carbocycles. The molecule has 1 aromatic heterocycles. The number of ketones is 1. The van der Waals surface area contributed by atoms with Gasteiger partial charge in [0.2, 0.25) is 5.91 Å². The van der Waals surface area contributed by atoms with Crippen molar-refractivity contribution >= 4 is 17.6 Å². The average Bonchev–Trinajstić information content (AvgIpc) is 3.37. The van der Waals surface area contributed by atoms with E-state index in [0.717, 1.165) is 6.54 Å². The lowest BCUT2D eigenvalue weighted by molar-refractivity contribution is -0.133. The van der Waals surface area contributed by atoms with Gasteiger partial charge in [0.05, 0.1) is 17.3 Å². The molecular weight excluding hydrogens is 342 g/mol. The summed E-state index contributed by atoms with van der Waals surface area (Å²) in [5.74, 6) is 0.909. The van der Waals surface area contributed by atoms with Crippen LogP contribution in [0, 0.1) is 25.7 Å². The summed E-state index contributed by atoms with van der Waals surface area (Å²) in [5, 5.41) is 0. The van der Waals surface area contributed by atoms with Crippen molar-refractivity contribution in [2.45, 2.75) is 59.9 Å². The first-order valence-electron chi connectivity index (χ1n) is 9.99. The molecule has 1 aromatic rings. The lowest BCUT2D eigenvalue weighted by Gasteiger charge is -2.35. The van der Waals surface area contributed by atoms with Gasteiger partial charge in [0.1, 0.15) is 0 Å². The molecule has 1 aliphatic carbocycles. The van der Waals surface area contributed by atoms with Crippen molar-refractivity contribution in [1.82, 2.24) is 14.8 Å². The van der Waals surface area contributed by atoms with Gasteiger partial charge in [0, 0.05) is 38.7 Å². The number of hydrogen-bond donors (Lipinski definition) is 1. The Labute approximate surface area is 161 Å². The number of aromatic amines is 1. The van der Waals surface area contributed by atoms with Crippen molar-refractivity contribution in [2.24, 2.45) is 11.8 Å². The van der Waals surface area contributed by atoms with E-state index in [0.29, 0.717) is 47.9 Å². The second-order valence-corrected chi connectivity index (χ2v) is 8.48. The number of amides is 2. The molecule has 1 atom stereocenters. The topological polar surface area (TPSA) is 73.5 Å². The number of nitrogens with zero attached hydrogens (tertiary/aromatic N) is 2. The van der Waals surface area contributed by atoms with Crippen molar-refractivity contribution < 1.29 is 14.4 Å². The highest BCUT2D eigenvalue weighted by atomic mass is 16.2. The number of carbonyl (C=O) groups is 3. The lowest BCUT2D eigenvalue weighted by Crippen LogP contribution is -2.48. The molecule has 0 radical (unpaired) electrons. The van der Waals surface area contributed by atoms with Crippen LogP contribution in [0.1, 0.15) is 72.1 Å². The van der Waals surface area contributed by atoms with Crippen LogP contribution < -0.4 is 0 Å². The molecule has 1 saturated heterocycles. The third-order valence-electron chi connectivity index (χ3n) is 5.94. The minimum atomic E-state index is -0.0829. The van der Waals surface area contributed by atoms with E-state index in [2.05, 4.69) is 18.8 Å². The van der Waals surface area contributed by atoms with Crippen LogP contribution in [0.5, 0.6) is 0 Å². The van der Waals surface area contributed by atoms with Crippen LogP contribution >= 0.6 is 0 Å². The van der Waals surface area contributed by atoms with Crippen LogP contribution in [0.15, 0.2) is 0 Å². The number of nitrogens with one attached hydrogen (secondary N) is 1. The lowest BCUT2D eigenvalue weighted by atomic mass is 10.0. The molecule has 0 unspecified atom stereocenters. The SMILES string of the molecule is CC(=O)c1[nH]c(C)c(C(=O)N2CCC(=O)N(CC3CC3)[C@@H](C(C)C)C2)c1C. The van der Waals surface area contributed by atoms with E-state index in [-0.39, 0.29) is 29.6 Å². The van der Waals surface area contributed by atoms with E-state index in [1.54, 1.807) is 0 Å². The van der Waals surface area contributed by atoms with Gasteiger partial charge in [0.25, 0.3) is 5.91 Å². The largest absolute Gasteiger partial charge is 0.355 e. The summed E-state index contributed by atoms with van der Waals surface area (Å²) in [5.41, 5.74) is 2.49. The summed E-state index contributed by atoms with van der Waals surface area (Å²) >= 11 is 0. The first-order valence-corrected chi connectivity index (χ1v) is 9.99. The summed E-state index contributed by atoms with van der Waals surface area (Å²) < 4.78 is 0. The summed E-state index contributed by atoms with van der Waals surface area (Å²) in [6.45, 7) is 11.2. The predicted molar refractivity (Wildman–Crippen MR) is 104 cm³/mol. The minimum absolute atomic E-state index is 0.0383. The molecule has 2 heterocycles. The van der Waals surface area contributed by atoms with Crippen molar-refractivity contribution in [3.63, 3.8) is 0 Å². The van der Waals surface area contributed by atoms with Gasteiger partial charge >= 0.3 is 0 Å². The Morgan fingerprint density at radius 3 is 2.41 bits per heavy atom. The van der Waals surface area contributed by atoms with E-state index in [9.17, 15) is 14.4 Å². The van der Waals surface area contributed by atoms with Crippen LogP contribution in [0.3, 0.4) is 0 Å². The molecule has 2 fully saturated rings. The predicted octanol–water partition coefficient (Wildman–Crippen LogP) is 2.94. The van der Waals surface area contributed by atoms with Crippen LogP contribution in [0.4, 0.5) is 0 Å². The first-order chi connectivity index (χ1) is 12.7. The number of hydrogen-bond acceptors (Lipinski definition) is 3. The molecule has 0 bridgehead atoms. The number of Topliss-reactive ketones (excluding diaryl/α,β-unsaturated/α-hetero) is 1. The fourth-order valence-electron chi connectivity index (χ4n) is 4.13. The van der Waals surface area contributed by atoms with E-state index < -0.39 is 0 Å². The van der Waals surface area contributed by atoms with Crippen molar-refractivity contribution in [2.75, 3.05) is 19.6 Å². The fourth-order valence-corrected chi connectivity index (χ4v) is 4.13. The second kappa shape index (κ2) is 7.49. The third kappa shape index (κ3) is 3.94. The van der Waals surface area contributed by atoms with Crippen molar-refractivity contribution in [1.29, 1.82) is 0 Å². The van der Waals surface area contributed by atoms with Crippen LogP contribution in [-0.2, 0) is 4.79 Å². The Hall–Kier alpha value is -2.11. The summed E-state index contributed by atoms with van der Waals surface area (Å²) in [7, 11) is 0. The van der Waals surface area contributed by atoms with Gasteiger partial charge in [-0.15, -0.1) is 0 Å². The van der Waals surface area contributed by atoms with Crippen LogP contribution in [-0.4, -0.2) is 58.1 Å². The van der Waals surface area contributed by atoms with E-state index in [1.165, 1.54) is 19.8 Å². The number of rotatable bonds is 5. The van der Waals surface area contributed by atoms with Crippen LogP contribution in [0.2, 0.25) is 0 Å². The second-order valence-electron chi connectivity index (χ2n) is 8.48. The Bertz CT molecular complexity index is 761. The number of H-pyrrole nitrogens is 1. The van der Waals surface area contributed by atoms with Gasteiger partial charge in [0.15, 0.2) is 5.78 Å². The first kappa shape index (κ1) is 19.6. The van der Waals surface area contributed by atoms with E-state index >= 15 is 0 Å². The Morgan fingerprint density at radius 2 is 1.89 bits per heavy atom. The molecule has 2 aliphatic rings. The van der Waals surface area contributed by atoms with Crippen LogP contribution in [0.25, 0.3) is 0 Å². The van der Waals surface area contributed by atoms with Gasteiger partial charge in [-0.3, -0.25) is 14.4 Å². The number of aryl methyl sites for hydroxylation is 1. The van der Waals surface area contributed by atoms with Gasteiger partial charge in [-0.25, -0.2) is 0 Å². The molecule has 0 spiro atoms. The summed E-state index contributed by atoms with van der Waals surface area (Å²) in [6, 6.07) is 0.0383. The molecule has 148 valence electrons. The normalized spacial score (nSPS) is 21.0. The zero-order valence-corrected chi connectivity index (χ0v) is 17.1. The van der Waals surface area contributed by atoms with Gasteiger partial charge in [-0.1, -0.05) is 13.8 Å². The number of aromatic nitrogens is 1. The van der Waals surface area contributed by atoms with Crippen molar-refractivity contribution in [3.8, 4) is 0 Å². The zero-order valence-electron chi connectivity index (χ0n) is 17.1. The Balaban J connectivity index is 1.87. The quantitative estimate of drug-likeness (QED) is 0.807. The minimum Gasteiger partial charge on any atom is -0.355 e. The van der Waals surface area contributed by atoms with Gasteiger partial charge < -0.3 is 14.8 Å². The maximum Gasteiger partial charge on any atom is 0.256 e. The summed E-state index contributed by atoms with van der Waals surface area (Å²) in [6.07, 6.45) is 2.77. The highest BCUT2D eigenvalue weighted by Gasteiger charge is 2.37. The molecular formula is C21H31N3O3. The van der Waals surface area contributed by atoms with E-state index in [4.69, 9.17) is 0 Å². The third-order valence-corrected chi connectivity index (χ3v) is 5.94. The van der Waals surface area contributed by atoms with E-state index in [1.807, 2.05) is 23.6 Å².